The Kier molecular flexibility index (Phi) is 5.50. The summed E-state index contributed by atoms with van der Waals surface area (Å²) in [6, 6.07) is 8.64. The van der Waals surface area contributed by atoms with E-state index in [0.717, 1.165) is 5.56 Å². The van der Waals surface area contributed by atoms with Crippen LogP contribution in [0.3, 0.4) is 0 Å². The molecular formula is C18H21F3N2O3. The van der Waals surface area contributed by atoms with Gasteiger partial charge in [-0.3, -0.25) is 9.59 Å². The number of rotatable bonds is 3. The Labute approximate surface area is 149 Å². The second-order valence-corrected chi connectivity index (χ2v) is 6.62. The van der Waals surface area contributed by atoms with Gasteiger partial charge in [0.1, 0.15) is 6.04 Å². The number of carbonyl (C=O) groups excluding carboxylic acids is 2. The molecule has 2 aliphatic rings. The molecule has 2 saturated heterocycles. The second kappa shape index (κ2) is 7.65. The van der Waals surface area contributed by atoms with Crippen LogP contribution in [0.5, 0.6) is 0 Å². The highest BCUT2D eigenvalue weighted by Crippen LogP contribution is 2.27. The number of benzene rings is 1. The van der Waals surface area contributed by atoms with E-state index in [0.29, 0.717) is 37.4 Å². The fourth-order valence-corrected chi connectivity index (χ4v) is 3.56. The van der Waals surface area contributed by atoms with Crippen LogP contribution >= 0.6 is 0 Å². The Morgan fingerprint density at radius 3 is 2.58 bits per heavy atom. The van der Waals surface area contributed by atoms with Crippen molar-refractivity contribution in [3.63, 3.8) is 0 Å². The van der Waals surface area contributed by atoms with Gasteiger partial charge >= 0.3 is 12.1 Å². The van der Waals surface area contributed by atoms with E-state index in [-0.39, 0.29) is 19.1 Å². The molecule has 1 aromatic carbocycles. The fourth-order valence-electron chi connectivity index (χ4n) is 3.56. The first-order valence-electron chi connectivity index (χ1n) is 8.68. The van der Waals surface area contributed by atoms with Gasteiger partial charge in [0.2, 0.25) is 5.91 Å². The van der Waals surface area contributed by atoms with Crippen molar-refractivity contribution in [1.29, 1.82) is 0 Å². The van der Waals surface area contributed by atoms with Crippen molar-refractivity contribution in [2.45, 2.75) is 37.6 Å². The summed E-state index contributed by atoms with van der Waals surface area (Å²) in [5, 5.41) is 0. The van der Waals surface area contributed by atoms with E-state index in [1.54, 1.807) is 0 Å². The number of likely N-dealkylation sites (tertiary alicyclic amines) is 1. The van der Waals surface area contributed by atoms with Crippen LogP contribution in [0.2, 0.25) is 0 Å². The number of alkyl halides is 3. The number of carbonyl (C=O) groups is 2. The lowest BCUT2D eigenvalue weighted by Crippen LogP contribution is -2.55. The third-order valence-corrected chi connectivity index (χ3v) is 4.80. The monoisotopic (exact) mass is 370 g/mol. The molecule has 2 amide bonds. The topological polar surface area (TPSA) is 49.9 Å². The van der Waals surface area contributed by atoms with Gasteiger partial charge in [-0.2, -0.15) is 13.2 Å². The van der Waals surface area contributed by atoms with Crippen LogP contribution < -0.4 is 0 Å². The lowest BCUT2D eigenvalue weighted by Gasteiger charge is -2.36. The zero-order chi connectivity index (χ0) is 18.7. The largest absolute Gasteiger partial charge is 0.471 e. The maximum atomic E-state index is 12.7. The van der Waals surface area contributed by atoms with Gasteiger partial charge in [0, 0.05) is 26.1 Å². The van der Waals surface area contributed by atoms with Gasteiger partial charge in [-0.1, -0.05) is 30.3 Å². The van der Waals surface area contributed by atoms with Gasteiger partial charge in [0.15, 0.2) is 0 Å². The molecule has 0 bridgehead atoms. The first-order valence-corrected chi connectivity index (χ1v) is 8.68. The van der Waals surface area contributed by atoms with Crippen molar-refractivity contribution >= 4 is 11.8 Å². The maximum Gasteiger partial charge on any atom is 0.471 e. The molecule has 2 aliphatic heterocycles. The van der Waals surface area contributed by atoms with Crippen LogP contribution in [0.25, 0.3) is 0 Å². The van der Waals surface area contributed by atoms with Crippen molar-refractivity contribution in [3.05, 3.63) is 35.9 Å². The van der Waals surface area contributed by atoms with E-state index in [1.807, 2.05) is 30.3 Å². The lowest BCUT2D eigenvalue weighted by molar-refractivity contribution is -0.187. The third-order valence-electron chi connectivity index (χ3n) is 4.80. The molecule has 3 rings (SSSR count). The SMILES string of the molecule is O=C(C1CCCN1C(=O)C(F)(F)F)N1CCOC(Cc2ccccc2)C1. The van der Waals surface area contributed by atoms with Crippen LogP contribution in [-0.4, -0.2) is 66.2 Å². The Bertz CT molecular complexity index is 651. The minimum atomic E-state index is -4.95. The fraction of sp³-hybridized carbons (Fsp3) is 0.556. The van der Waals surface area contributed by atoms with E-state index in [2.05, 4.69) is 0 Å². The van der Waals surface area contributed by atoms with E-state index < -0.39 is 24.0 Å². The van der Waals surface area contributed by atoms with E-state index in [4.69, 9.17) is 4.74 Å². The van der Waals surface area contributed by atoms with E-state index in [9.17, 15) is 22.8 Å². The van der Waals surface area contributed by atoms with Gasteiger partial charge in [-0.15, -0.1) is 0 Å². The number of nitrogens with zero attached hydrogens (tertiary/aromatic N) is 2. The minimum absolute atomic E-state index is 0.0352. The molecule has 5 nitrogen and oxygen atoms in total. The third kappa shape index (κ3) is 4.17. The minimum Gasteiger partial charge on any atom is -0.374 e. The summed E-state index contributed by atoms with van der Waals surface area (Å²) >= 11 is 0. The average molecular weight is 370 g/mol. The highest BCUT2D eigenvalue weighted by atomic mass is 19.4. The number of amides is 2. The number of hydrogen-bond donors (Lipinski definition) is 0. The van der Waals surface area contributed by atoms with Crippen molar-refractivity contribution in [2.75, 3.05) is 26.2 Å². The van der Waals surface area contributed by atoms with Crippen LogP contribution in [0, 0.1) is 0 Å². The van der Waals surface area contributed by atoms with Gasteiger partial charge < -0.3 is 14.5 Å². The normalized spacial score (nSPS) is 24.0. The zero-order valence-corrected chi connectivity index (χ0v) is 14.2. The summed E-state index contributed by atoms with van der Waals surface area (Å²) in [6.07, 6.45) is -3.87. The predicted octanol–water partition coefficient (Wildman–Crippen LogP) is 2.01. The Balaban J connectivity index is 1.64. The van der Waals surface area contributed by atoms with Crippen molar-refractivity contribution in [1.82, 2.24) is 9.80 Å². The molecular weight excluding hydrogens is 349 g/mol. The average Bonchev–Trinajstić information content (AvgIpc) is 3.10. The molecule has 8 heteroatoms. The standard InChI is InChI=1S/C18H21F3N2O3/c19-18(20,21)17(25)23-8-4-7-15(23)16(24)22-9-10-26-14(12-22)11-13-5-2-1-3-6-13/h1-3,5-6,14-15H,4,7-12H2. The van der Waals surface area contributed by atoms with Gasteiger partial charge in [0.05, 0.1) is 12.7 Å². The number of halogens is 3. The van der Waals surface area contributed by atoms with E-state index in [1.165, 1.54) is 4.90 Å². The summed E-state index contributed by atoms with van der Waals surface area (Å²) < 4.78 is 43.9. The molecule has 26 heavy (non-hydrogen) atoms. The first kappa shape index (κ1) is 18.7. The molecule has 0 N–H and O–H groups in total. The molecule has 2 atom stereocenters. The highest BCUT2D eigenvalue weighted by molar-refractivity contribution is 5.90. The highest BCUT2D eigenvalue weighted by Gasteiger charge is 2.48. The second-order valence-electron chi connectivity index (χ2n) is 6.62. The Morgan fingerprint density at radius 1 is 1.15 bits per heavy atom. The summed E-state index contributed by atoms with van der Waals surface area (Å²) in [4.78, 5) is 26.5. The molecule has 142 valence electrons. The van der Waals surface area contributed by atoms with Crippen LogP contribution in [0.1, 0.15) is 18.4 Å². The summed E-state index contributed by atoms with van der Waals surface area (Å²) in [7, 11) is 0. The Hall–Kier alpha value is -2.09. The van der Waals surface area contributed by atoms with Crippen molar-refractivity contribution in [2.24, 2.45) is 0 Å². The molecule has 2 fully saturated rings. The van der Waals surface area contributed by atoms with Gasteiger partial charge in [-0.25, -0.2) is 0 Å². The first-order chi connectivity index (χ1) is 12.4. The summed E-state index contributed by atoms with van der Waals surface area (Å²) in [6.45, 7) is 0.947. The van der Waals surface area contributed by atoms with Crippen molar-refractivity contribution < 1.29 is 27.5 Å². The van der Waals surface area contributed by atoms with Crippen LogP contribution in [-0.2, 0) is 20.7 Å². The van der Waals surface area contributed by atoms with E-state index >= 15 is 0 Å². The molecule has 0 spiro atoms. The zero-order valence-electron chi connectivity index (χ0n) is 14.2. The number of ether oxygens (including phenoxy) is 1. The van der Waals surface area contributed by atoms with Gasteiger partial charge in [-0.05, 0) is 18.4 Å². The van der Waals surface area contributed by atoms with Crippen LogP contribution in [0.15, 0.2) is 30.3 Å². The van der Waals surface area contributed by atoms with Gasteiger partial charge in [0.25, 0.3) is 0 Å². The summed E-state index contributed by atoms with van der Waals surface area (Å²) in [5.41, 5.74) is 1.07. The van der Waals surface area contributed by atoms with Crippen molar-refractivity contribution in [3.8, 4) is 0 Å². The summed E-state index contributed by atoms with van der Waals surface area (Å²) in [5.74, 6) is -2.34. The molecule has 2 heterocycles. The molecule has 0 aliphatic carbocycles. The Morgan fingerprint density at radius 2 is 1.88 bits per heavy atom. The maximum absolute atomic E-state index is 12.7. The smallest absolute Gasteiger partial charge is 0.374 e. The molecule has 0 saturated carbocycles. The molecule has 2 unspecified atom stereocenters. The molecule has 0 aromatic heterocycles. The number of hydrogen-bond acceptors (Lipinski definition) is 3. The predicted molar refractivity (Wildman–Crippen MR) is 87.3 cm³/mol. The van der Waals surface area contributed by atoms with Crippen LogP contribution in [0.4, 0.5) is 13.2 Å². The quantitative estimate of drug-likeness (QED) is 0.818. The lowest BCUT2D eigenvalue weighted by atomic mass is 10.1. The molecule has 1 aromatic rings. The number of morpholine rings is 1. The molecule has 0 radical (unpaired) electrons.